The lowest BCUT2D eigenvalue weighted by Crippen LogP contribution is -2.45. The summed E-state index contributed by atoms with van der Waals surface area (Å²) in [4.78, 5) is 24.6. The number of carbonyl (C=O) groups is 2. The van der Waals surface area contributed by atoms with Crippen LogP contribution in [0, 0.1) is 5.92 Å². The van der Waals surface area contributed by atoms with Crippen molar-refractivity contribution in [3.05, 3.63) is 29.3 Å². The maximum Gasteiger partial charge on any atom is 0.323 e. The number of halogens is 1. The molecule has 7 heteroatoms. The Bertz CT molecular complexity index is 523. The SMILES string of the molecule is NC1COCC1C(=O)N(CC(=O)O)c1cccc(Cl)c1. The van der Waals surface area contributed by atoms with Crippen LogP contribution in [0.3, 0.4) is 0 Å². The van der Waals surface area contributed by atoms with Crippen LogP contribution in [0.25, 0.3) is 0 Å². The standard InChI is InChI=1S/C13H15ClN2O4/c14-8-2-1-3-9(4-8)16(5-12(17)18)13(19)10-6-20-7-11(10)15/h1-4,10-11H,5-7,15H2,(H,17,18). The molecule has 0 spiro atoms. The second-order valence-corrected chi connectivity index (χ2v) is 5.04. The van der Waals surface area contributed by atoms with Crippen LogP contribution in [0.2, 0.25) is 5.02 Å². The van der Waals surface area contributed by atoms with E-state index in [4.69, 9.17) is 27.2 Å². The Labute approximate surface area is 121 Å². The Hall–Kier alpha value is -1.63. The number of hydrogen-bond donors (Lipinski definition) is 2. The zero-order valence-corrected chi connectivity index (χ0v) is 11.4. The smallest absolute Gasteiger partial charge is 0.323 e. The summed E-state index contributed by atoms with van der Waals surface area (Å²) in [6.07, 6.45) is 0. The van der Waals surface area contributed by atoms with Crippen LogP contribution in [-0.4, -0.2) is 42.8 Å². The summed E-state index contributed by atoms with van der Waals surface area (Å²) < 4.78 is 5.16. The highest BCUT2D eigenvalue weighted by atomic mass is 35.5. The predicted molar refractivity (Wildman–Crippen MR) is 73.7 cm³/mol. The van der Waals surface area contributed by atoms with E-state index in [1.54, 1.807) is 24.3 Å². The molecule has 1 fully saturated rings. The lowest BCUT2D eigenvalue weighted by atomic mass is 10.0. The molecule has 20 heavy (non-hydrogen) atoms. The third-order valence-corrected chi connectivity index (χ3v) is 3.36. The molecule has 1 saturated heterocycles. The van der Waals surface area contributed by atoms with E-state index < -0.39 is 24.5 Å². The van der Waals surface area contributed by atoms with E-state index in [1.807, 2.05) is 0 Å². The van der Waals surface area contributed by atoms with Crippen molar-refractivity contribution in [2.45, 2.75) is 6.04 Å². The van der Waals surface area contributed by atoms with Gasteiger partial charge in [0, 0.05) is 16.8 Å². The number of nitrogens with zero attached hydrogens (tertiary/aromatic N) is 1. The average molecular weight is 299 g/mol. The molecule has 0 radical (unpaired) electrons. The largest absolute Gasteiger partial charge is 0.480 e. The molecule has 6 nitrogen and oxygen atoms in total. The van der Waals surface area contributed by atoms with Crippen LogP contribution < -0.4 is 10.6 Å². The van der Waals surface area contributed by atoms with Gasteiger partial charge in [0.25, 0.3) is 0 Å². The van der Waals surface area contributed by atoms with E-state index in [-0.39, 0.29) is 12.5 Å². The van der Waals surface area contributed by atoms with Gasteiger partial charge in [-0.25, -0.2) is 0 Å². The van der Waals surface area contributed by atoms with Gasteiger partial charge in [-0.3, -0.25) is 9.59 Å². The molecule has 0 aromatic heterocycles. The number of carboxylic acids is 1. The third kappa shape index (κ3) is 3.27. The highest BCUT2D eigenvalue weighted by Gasteiger charge is 2.35. The molecule has 0 aliphatic carbocycles. The quantitative estimate of drug-likeness (QED) is 0.855. The second-order valence-electron chi connectivity index (χ2n) is 4.61. The first-order valence-corrected chi connectivity index (χ1v) is 6.49. The van der Waals surface area contributed by atoms with Crippen molar-refractivity contribution in [3.8, 4) is 0 Å². The van der Waals surface area contributed by atoms with Gasteiger partial charge < -0.3 is 20.5 Å². The Morgan fingerprint density at radius 2 is 2.20 bits per heavy atom. The molecule has 2 rings (SSSR count). The van der Waals surface area contributed by atoms with Crippen molar-refractivity contribution >= 4 is 29.2 Å². The first-order chi connectivity index (χ1) is 9.49. The molecule has 1 aliphatic rings. The summed E-state index contributed by atoms with van der Waals surface area (Å²) in [5.41, 5.74) is 6.24. The minimum atomic E-state index is -1.11. The monoisotopic (exact) mass is 298 g/mol. The molecule has 1 aliphatic heterocycles. The normalized spacial score (nSPS) is 21.7. The van der Waals surface area contributed by atoms with Crippen molar-refractivity contribution in [2.24, 2.45) is 11.7 Å². The van der Waals surface area contributed by atoms with E-state index in [1.165, 1.54) is 4.90 Å². The Morgan fingerprint density at radius 1 is 1.45 bits per heavy atom. The molecule has 1 heterocycles. The van der Waals surface area contributed by atoms with Gasteiger partial charge in [-0.05, 0) is 18.2 Å². The van der Waals surface area contributed by atoms with Gasteiger partial charge in [0.1, 0.15) is 6.54 Å². The van der Waals surface area contributed by atoms with Crippen molar-refractivity contribution in [1.82, 2.24) is 0 Å². The highest BCUT2D eigenvalue weighted by molar-refractivity contribution is 6.31. The van der Waals surface area contributed by atoms with Crippen LogP contribution in [0.5, 0.6) is 0 Å². The molecule has 0 saturated carbocycles. The first-order valence-electron chi connectivity index (χ1n) is 6.11. The Morgan fingerprint density at radius 3 is 2.75 bits per heavy atom. The van der Waals surface area contributed by atoms with Crippen LogP contribution in [-0.2, 0) is 14.3 Å². The zero-order valence-electron chi connectivity index (χ0n) is 10.7. The maximum atomic E-state index is 12.5. The van der Waals surface area contributed by atoms with Crippen molar-refractivity contribution < 1.29 is 19.4 Å². The fourth-order valence-electron chi connectivity index (χ4n) is 2.10. The van der Waals surface area contributed by atoms with E-state index in [9.17, 15) is 9.59 Å². The topological polar surface area (TPSA) is 92.9 Å². The molecule has 2 atom stereocenters. The third-order valence-electron chi connectivity index (χ3n) is 3.12. The molecule has 3 N–H and O–H groups in total. The molecule has 108 valence electrons. The minimum absolute atomic E-state index is 0.205. The van der Waals surface area contributed by atoms with Gasteiger partial charge in [-0.2, -0.15) is 0 Å². The summed E-state index contributed by atoms with van der Waals surface area (Å²) >= 11 is 5.88. The highest BCUT2D eigenvalue weighted by Crippen LogP contribution is 2.23. The van der Waals surface area contributed by atoms with Gasteiger partial charge in [-0.1, -0.05) is 17.7 Å². The van der Waals surface area contributed by atoms with E-state index in [0.717, 1.165) is 0 Å². The van der Waals surface area contributed by atoms with Gasteiger partial charge >= 0.3 is 5.97 Å². The molecular weight excluding hydrogens is 284 g/mol. The summed E-state index contributed by atoms with van der Waals surface area (Å²) in [6, 6.07) is 6.07. The van der Waals surface area contributed by atoms with Gasteiger partial charge in [0.15, 0.2) is 0 Å². The van der Waals surface area contributed by atoms with Crippen molar-refractivity contribution in [2.75, 3.05) is 24.7 Å². The minimum Gasteiger partial charge on any atom is -0.480 e. The predicted octanol–water partition coefficient (Wildman–Crippen LogP) is 0.731. The lowest BCUT2D eigenvalue weighted by Gasteiger charge is -2.25. The van der Waals surface area contributed by atoms with Crippen molar-refractivity contribution in [3.63, 3.8) is 0 Å². The maximum absolute atomic E-state index is 12.5. The van der Waals surface area contributed by atoms with Crippen LogP contribution in [0.15, 0.2) is 24.3 Å². The number of hydrogen-bond acceptors (Lipinski definition) is 4. The summed E-state index contributed by atoms with van der Waals surface area (Å²) in [5.74, 6) is -2.00. The number of aliphatic carboxylic acids is 1. The molecule has 1 aromatic carbocycles. The van der Waals surface area contributed by atoms with Gasteiger partial charge in [-0.15, -0.1) is 0 Å². The zero-order chi connectivity index (χ0) is 14.7. The summed E-state index contributed by atoms with van der Waals surface area (Å²) in [7, 11) is 0. The average Bonchev–Trinajstić information content (AvgIpc) is 2.81. The molecular formula is C13H15ClN2O4. The molecule has 1 aromatic rings. The fourth-order valence-corrected chi connectivity index (χ4v) is 2.29. The Kier molecular flexibility index (Phi) is 4.59. The van der Waals surface area contributed by atoms with E-state index in [2.05, 4.69) is 0 Å². The number of carboxylic acid groups (broad SMARTS) is 1. The number of ether oxygens (including phenoxy) is 1. The number of carbonyl (C=O) groups excluding carboxylic acids is 1. The van der Waals surface area contributed by atoms with Gasteiger partial charge in [0.05, 0.1) is 19.1 Å². The number of rotatable bonds is 4. The van der Waals surface area contributed by atoms with E-state index in [0.29, 0.717) is 17.3 Å². The van der Waals surface area contributed by atoms with E-state index >= 15 is 0 Å². The van der Waals surface area contributed by atoms with Gasteiger partial charge in [0.2, 0.25) is 5.91 Å². The first kappa shape index (κ1) is 14.8. The molecule has 1 amide bonds. The lowest BCUT2D eigenvalue weighted by molar-refractivity contribution is -0.137. The number of nitrogens with two attached hydrogens (primary N) is 1. The summed E-state index contributed by atoms with van der Waals surface area (Å²) in [6.45, 7) is 0.0615. The van der Waals surface area contributed by atoms with Crippen molar-refractivity contribution in [1.29, 1.82) is 0 Å². The van der Waals surface area contributed by atoms with Crippen LogP contribution in [0.1, 0.15) is 0 Å². The molecule has 0 bridgehead atoms. The fraction of sp³-hybridized carbons (Fsp3) is 0.385. The van der Waals surface area contributed by atoms with Crippen LogP contribution >= 0.6 is 11.6 Å². The second kappa shape index (κ2) is 6.21. The molecule has 2 unspecified atom stereocenters. The number of benzene rings is 1. The number of anilines is 1. The number of amides is 1. The summed E-state index contributed by atoms with van der Waals surface area (Å²) in [5, 5.41) is 9.41. The Balaban J connectivity index is 2.27. The van der Waals surface area contributed by atoms with Crippen LogP contribution in [0.4, 0.5) is 5.69 Å².